The van der Waals surface area contributed by atoms with Crippen LogP contribution in [0.4, 0.5) is 5.69 Å². The summed E-state index contributed by atoms with van der Waals surface area (Å²) < 4.78 is 0. The first-order chi connectivity index (χ1) is 8.17. The molecule has 2 rings (SSSR count). The number of nitrogens with zero attached hydrogens (tertiary/aromatic N) is 1. The lowest BCUT2D eigenvalue weighted by Gasteiger charge is -2.19. The van der Waals surface area contributed by atoms with Crippen molar-refractivity contribution in [3.63, 3.8) is 0 Å². The van der Waals surface area contributed by atoms with Gasteiger partial charge >= 0.3 is 0 Å². The fourth-order valence-corrected chi connectivity index (χ4v) is 2.92. The maximum absolute atomic E-state index is 9.37. The highest BCUT2D eigenvalue weighted by molar-refractivity contribution is 8.14. The number of hydrogen-bond donors (Lipinski definition) is 2. The van der Waals surface area contributed by atoms with Gasteiger partial charge in [0.2, 0.25) is 0 Å². The minimum atomic E-state index is -0.306. The molecule has 0 saturated heterocycles. The summed E-state index contributed by atoms with van der Waals surface area (Å²) in [6.07, 6.45) is 0.850. The molecule has 0 amide bonds. The summed E-state index contributed by atoms with van der Waals surface area (Å²) in [6.45, 7) is 2.15. The van der Waals surface area contributed by atoms with Crippen molar-refractivity contribution < 1.29 is 5.11 Å². The van der Waals surface area contributed by atoms with Gasteiger partial charge in [-0.25, -0.2) is 0 Å². The minimum absolute atomic E-state index is 0.0995. The smallest absolute Gasteiger partial charge is 0.161 e. The van der Waals surface area contributed by atoms with Gasteiger partial charge in [0.05, 0.1) is 12.1 Å². The van der Waals surface area contributed by atoms with Crippen LogP contribution in [0.3, 0.4) is 0 Å². The number of rotatable bonds is 3. The van der Waals surface area contributed by atoms with Crippen molar-refractivity contribution in [2.24, 2.45) is 4.99 Å². The monoisotopic (exact) mass is 270 g/mol. The standard InChI is InChI=1S/C12H15ClN2OS/c1-2-12(7-16)8-17-11(15-12)14-10-5-3-9(13)4-6-10/h3-6,16H,2,7-8H2,1H3,(H,14,15)/t12-/m0/s1. The predicted molar refractivity (Wildman–Crippen MR) is 75.1 cm³/mol. The molecule has 0 bridgehead atoms. The number of thioether (sulfide) groups is 1. The first-order valence-corrected chi connectivity index (χ1v) is 6.90. The van der Waals surface area contributed by atoms with E-state index in [2.05, 4.69) is 10.3 Å². The highest BCUT2D eigenvalue weighted by Gasteiger charge is 2.33. The zero-order valence-corrected chi connectivity index (χ0v) is 11.2. The molecule has 5 heteroatoms. The number of aliphatic imine (C=N–C) groups is 1. The Labute approximate surface area is 110 Å². The van der Waals surface area contributed by atoms with Gasteiger partial charge in [-0.15, -0.1) is 0 Å². The number of amidine groups is 1. The van der Waals surface area contributed by atoms with Gasteiger partial charge in [-0.05, 0) is 30.7 Å². The van der Waals surface area contributed by atoms with Gasteiger partial charge in [0.25, 0.3) is 0 Å². The molecule has 0 spiro atoms. The van der Waals surface area contributed by atoms with Crippen LogP contribution in [-0.2, 0) is 0 Å². The van der Waals surface area contributed by atoms with Crippen molar-refractivity contribution in [3.8, 4) is 0 Å². The lowest BCUT2D eigenvalue weighted by Crippen LogP contribution is -2.30. The van der Waals surface area contributed by atoms with Crippen LogP contribution in [0.1, 0.15) is 13.3 Å². The average Bonchev–Trinajstić information content (AvgIpc) is 2.76. The van der Waals surface area contributed by atoms with E-state index >= 15 is 0 Å². The molecule has 92 valence electrons. The number of aliphatic hydroxyl groups excluding tert-OH is 1. The second-order valence-corrected chi connectivity index (χ2v) is 5.47. The van der Waals surface area contributed by atoms with Crippen LogP contribution in [-0.4, -0.2) is 28.2 Å². The zero-order chi connectivity index (χ0) is 12.3. The Bertz CT molecular complexity index is 415. The number of anilines is 1. The largest absolute Gasteiger partial charge is 0.394 e. The molecular formula is C12H15ClN2OS. The van der Waals surface area contributed by atoms with Gasteiger partial charge in [0, 0.05) is 16.5 Å². The van der Waals surface area contributed by atoms with E-state index in [1.165, 1.54) is 0 Å². The van der Waals surface area contributed by atoms with E-state index in [0.717, 1.165) is 28.1 Å². The highest BCUT2D eigenvalue weighted by atomic mass is 35.5. The Kier molecular flexibility index (Phi) is 3.97. The molecule has 0 aliphatic carbocycles. The molecule has 1 aromatic carbocycles. The van der Waals surface area contributed by atoms with Crippen LogP contribution >= 0.6 is 23.4 Å². The molecule has 1 atom stereocenters. The number of aliphatic hydroxyl groups is 1. The van der Waals surface area contributed by atoms with Crippen molar-refractivity contribution in [1.82, 2.24) is 0 Å². The van der Waals surface area contributed by atoms with Gasteiger partial charge in [-0.2, -0.15) is 0 Å². The molecule has 1 aliphatic heterocycles. The quantitative estimate of drug-likeness (QED) is 0.888. The van der Waals surface area contributed by atoms with E-state index in [0.29, 0.717) is 0 Å². The van der Waals surface area contributed by atoms with Gasteiger partial charge in [0.15, 0.2) is 5.17 Å². The fraction of sp³-hybridized carbons (Fsp3) is 0.417. The summed E-state index contributed by atoms with van der Waals surface area (Å²) in [5.74, 6) is 0.829. The molecular weight excluding hydrogens is 256 g/mol. The van der Waals surface area contributed by atoms with Gasteiger partial charge in [0.1, 0.15) is 0 Å². The van der Waals surface area contributed by atoms with Crippen LogP contribution in [0.2, 0.25) is 5.02 Å². The number of halogens is 1. The van der Waals surface area contributed by atoms with E-state index in [1.54, 1.807) is 11.8 Å². The van der Waals surface area contributed by atoms with Crippen molar-refractivity contribution in [1.29, 1.82) is 0 Å². The van der Waals surface area contributed by atoms with Crippen molar-refractivity contribution in [3.05, 3.63) is 29.3 Å². The normalized spacial score (nSPS) is 23.6. The molecule has 1 heterocycles. The summed E-state index contributed by atoms with van der Waals surface area (Å²) in [6, 6.07) is 7.50. The molecule has 2 N–H and O–H groups in total. The molecule has 1 aromatic rings. The summed E-state index contributed by atoms with van der Waals surface area (Å²) in [7, 11) is 0. The lowest BCUT2D eigenvalue weighted by atomic mass is 10.0. The number of benzene rings is 1. The van der Waals surface area contributed by atoms with Crippen LogP contribution in [0.15, 0.2) is 29.3 Å². The summed E-state index contributed by atoms with van der Waals surface area (Å²) >= 11 is 7.47. The lowest BCUT2D eigenvalue weighted by molar-refractivity contribution is 0.211. The van der Waals surface area contributed by atoms with E-state index < -0.39 is 0 Å². The Morgan fingerprint density at radius 3 is 2.71 bits per heavy atom. The molecule has 0 radical (unpaired) electrons. The van der Waals surface area contributed by atoms with Crippen molar-refractivity contribution in [2.45, 2.75) is 18.9 Å². The first-order valence-electron chi connectivity index (χ1n) is 5.53. The summed E-state index contributed by atoms with van der Waals surface area (Å²) in [5, 5.41) is 14.2. The third-order valence-corrected chi connectivity index (χ3v) is 4.26. The average molecular weight is 271 g/mol. The summed E-state index contributed by atoms with van der Waals surface area (Å²) in [5.41, 5.74) is 0.657. The first kappa shape index (κ1) is 12.7. The Morgan fingerprint density at radius 2 is 2.18 bits per heavy atom. The van der Waals surface area contributed by atoms with Gasteiger partial charge in [-0.3, -0.25) is 4.99 Å². The maximum Gasteiger partial charge on any atom is 0.161 e. The predicted octanol–water partition coefficient (Wildman–Crippen LogP) is 3.00. The van der Waals surface area contributed by atoms with E-state index in [1.807, 2.05) is 31.2 Å². The second kappa shape index (κ2) is 5.29. The van der Waals surface area contributed by atoms with E-state index in [-0.39, 0.29) is 12.1 Å². The topological polar surface area (TPSA) is 44.6 Å². The molecule has 17 heavy (non-hydrogen) atoms. The number of nitrogens with one attached hydrogen (secondary N) is 1. The molecule has 3 nitrogen and oxygen atoms in total. The molecule has 0 unspecified atom stereocenters. The Hall–Kier alpha value is -0.710. The Balaban J connectivity index is 2.08. The second-order valence-electron chi connectivity index (χ2n) is 4.07. The third-order valence-electron chi connectivity index (χ3n) is 2.86. The SMILES string of the molecule is CC[C@]1(CO)CSC(Nc2ccc(Cl)cc2)=N1. The highest BCUT2D eigenvalue weighted by Crippen LogP contribution is 2.31. The van der Waals surface area contributed by atoms with Crippen LogP contribution in [0, 0.1) is 0 Å². The molecule has 0 fully saturated rings. The summed E-state index contributed by atoms with van der Waals surface area (Å²) in [4.78, 5) is 4.56. The maximum atomic E-state index is 9.37. The zero-order valence-electron chi connectivity index (χ0n) is 9.61. The third kappa shape index (κ3) is 2.94. The minimum Gasteiger partial charge on any atom is -0.394 e. The van der Waals surface area contributed by atoms with Crippen molar-refractivity contribution >= 4 is 34.2 Å². The fourth-order valence-electron chi connectivity index (χ4n) is 1.58. The van der Waals surface area contributed by atoms with Gasteiger partial charge in [-0.1, -0.05) is 30.3 Å². The van der Waals surface area contributed by atoms with E-state index in [9.17, 15) is 5.11 Å². The molecule has 0 aromatic heterocycles. The van der Waals surface area contributed by atoms with Crippen LogP contribution in [0.25, 0.3) is 0 Å². The van der Waals surface area contributed by atoms with E-state index in [4.69, 9.17) is 11.6 Å². The molecule has 1 aliphatic rings. The van der Waals surface area contributed by atoms with Crippen LogP contribution < -0.4 is 5.32 Å². The van der Waals surface area contributed by atoms with Crippen LogP contribution in [0.5, 0.6) is 0 Å². The van der Waals surface area contributed by atoms with Crippen molar-refractivity contribution in [2.75, 3.05) is 17.7 Å². The van der Waals surface area contributed by atoms with Gasteiger partial charge < -0.3 is 10.4 Å². The Morgan fingerprint density at radius 1 is 1.47 bits per heavy atom. The number of hydrogen-bond acceptors (Lipinski definition) is 4. The molecule has 0 saturated carbocycles.